The normalized spacial score (nSPS) is 11.0. The lowest BCUT2D eigenvalue weighted by Crippen LogP contribution is -2.27. The molecule has 0 unspecified atom stereocenters. The molecule has 4 aromatic rings. The van der Waals surface area contributed by atoms with Crippen LogP contribution in [-0.2, 0) is 6.54 Å². The minimum absolute atomic E-state index is 0.200. The van der Waals surface area contributed by atoms with Crippen molar-refractivity contribution in [2.45, 2.75) is 6.54 Å². The molecule has 0 aliphatic rings. The molecule has 3 aromatic heterocycles. The van der Waals surface area contributed by atoms with Gasteiger partial charge in [-0.3, -0.25) is 9.20 Å². The van der Waals surface area contributed by atoms with Crippen molar-refractivity contribution in [3.05, 3.63) is 78.3 Å². The maximum absolute atomic E-state index is 14.5. The van der Waals surface area contributed by atoms with Crippen molar-refractivity contribution >= 4 is 11.6 Å². The summed E-state index contributed by atoms with van der Waals surface area (Å²) in [5.74, 6) is -0.431. The minimum atomic E-state index is -0.667. The fraction of sp³-hybridized carbons (Fsp3) is 0.150. The van der Waals surface area contributed by atoms with Gasteiger partial charge in [0.1, 0.15) is 11.4 Å². The van der Waals surface area contributed by atoms with Gasteiger partial charge in [-0.1, -0.05) is 12.1 Å². The van der Waals surface area contributed by atoms with Gasteiger partial charge in [0.25, 0.3) is 5.91 Å². The lowest BCUT2D eigenvalue weighted by Gasteiger charge is -2.14. The largest absolute Gasteiger partial charge is 0.497 e. The number of aromatic nitrogens is 4. The van der Waals surface area contributed by atoms with Crippen LogP contribution < -0.4 is 4.74 Å². The van der Waals surface area contributed by atoms with E-state index in [1.54, 1.807) is 43.2 Å². The van der Waals surface area contributed by atoms with E-state index >= 15 is 0 Å². The number of benzene rings is 1. The number of ether oxygens (including phenoxy) is 1. The molecule has 4 rings (SSSR count). The zero-order valence-electron chi connectivity index (χ0n) is 15.4. The molecule has 1 aromatic carbocycles. The summed E-state index contributed by atoms with van der Waals surface area (Å²) in [4.78, 5) is 18.2. The van der Waals surface area contributed by atoms with E-state index < -0.39 is 11.9 Å². The van der Waals surface area contributed by atoms with E-state index in [0.29, 0.717) is 5.65 Å². The van der Waals surface area contributed by atoms with Crippen molar-refractivity contribution in [2.75, 3.05) is 14.2 Å². The maximum atomic E-state index is 14.5. The van der Waals surface area contributed by atoms with Gasteiger partial charge in [0.15, 0.2) is 5.69 Å². The summed E-state index contributed by atoms with van der Waals surface area (Å²) in [6, 6.07) is 12.6. The first-order chi connectivity index (χ1) is 13.6. The molecule has 0 radical (unpaired) electrons. The highest BCUT2D eigenvalue weighted by atomic mass is 19.1. The standard InChI is InChI=1S/C20H18FN5O2/c1-24(20(27)18-19(21)25-9-4-3-8-17(25)23-18)12-14-11-22-26(13-14)15-6-5-7-16(10-15)28-2/h3-11,13H,12H2,1-2H3. The second kappa shape index (κ2) is 7.15. The van der Waals surface area contributed by atoms with Gasteiger partial charge in [0.05, 0.1) is 19.0 Å². The second-order valence-electron chi connectivity index (χ2n) is 6.34. The zero-order valence-corrected chi connectivity index (χ0v) is 15.4. The molecule has 1 amide bonds. The molecule has 28 heavy (non-hydrogen) atoms. The molecule has 142 valence electrons. The van der Waals surface area contributed by atoms with Gasteiger partial charge in [-0.25, -0.2) is 9.67 Å². The number of halogens is 1. The van der Waals surface area contributed by atoms with E-state index in [4.69, 9.17) is 4.74 Å². The summed E-state index contributed by atoms with van der Waals surface area (Å²) < 4.78 is 22.7. The smallest absolute Gasteiger partial charge is 0.277 e. The Hall–Kier alpha value is -3.68. The zero-order chi connectivity index (χ0) is 19.7. The molecule has 0 bridgehead atoms. The monoisotopic (exact) mass is 379 g/mol. The van der Waals surface area contributed by atoms with Gasteiger partial charge in [0, 0.05) is 37.6 Å². The number of carbonyl (C=O) groups is 1. The van der Waals surface area contributed by atoms with Crippen molar-refractivity contribution < 1.29 is 13.9 Å². The summed E-state index contributed by atoms with van der Waals surface area (Å²) >= 11 is 0. The van der Waals surface area contributed by atoms with Gasteiger partial charge in [-0.05, 0) is 24.3 Å². The fourth-order valence-electron chi connectivity index (χ4n) is 2.96. The molecule has 0 atom stereocenters. The van der Waals surface area contributed by atoms with Crippen LogP contribution in [0.2, 0.25) is 0 Å². The number of methoxy groups -OCH3 is 1. The van der Waals surface area contributed by atoms with Gasteiger partial charge in [-0.15, -0.1) is 0 Å². The van der Waals surface area contributed by atoms with E-state index in [1.807, 2.05) is 30.5 Å². The average molecular weight is 379 g/mol. The number of carbonyl (C=O) groups excluding carboxylic acids is 1. The van der Waals surface area contributed by atoms with Crippen molar-refractivity contribution in [3.8, 4) is 11.4 Å². The number of imidazole rings is 1. The molecule has 0 aliphatic heterocycles. The Labute approximate surface area is 160 Å². The summed E-state index contributed by atoms with van der Waals surface area (Å²) in [6.07, 6.45) is 5.02. The Kier molecular flexibility index (Phi) is 4.52. The predicted octanol–water partition coefficient (Wildman–Crippen LogP) is 2.94. The van der Waals surface area contributed by atoms with Gasteiger partial charge in [-0.2, -0.15) is 9.49 Å². The van der Waals surface area contributed by atoms with E-state index in [-0.39, 0.29) is 12.2 Å². The van der Waals surface area contributed by atoms with Crippen LogP contribution in [-0.4, -0.2) is 44.1 Å². The Morgan fingerprint density at radius 2 is 2.11 bits per heavy atom. The Bertz CT molecular complexity index is 1150. The van der Waals surface area contributed by atoms with E-state index in [2.05, 4.69) is 10.1 Å². The number of pyridine rings is 1. The molecule has 0 fully saturated rings. The van der Waals surface area contributed by atoms with Crippen LogP contribution in [0.3, 0.4) is 0 Å². The number of hydrogen-bond acceptors (Lipinski definition) is 4. The first kappa shape index (κ1) is 17.7. The van der Waals surface area contributed by atoms with E-state index in [1.165, 1.54) is 15.5 Å². The number of rotatable bonds is 5. The molecule has 7 nitrogen and oxygen atoms in total. The maximum Gasteiger partial charge on any atom is 0.277 e. The Balaban J connectivity index is 1.53. The van der Waals surface area contributed by atoms with Crippen LogP contribution in [0.25, 0.3) is 11.3 Å². The molecule has 0 aliphatic carbocycles. The molecule has 3 heterocycles. The molecule has 8 heteroatoms. The molecular formula is C20H18FN5O2. The van der Waals surface area contributed by atoms with Crippen molar-refractivity contribution in [1.29, 1.82) is 0 Å². The topological polar surface area (TPSA) is 64.7 Å². The lowest BCUT2D eigenvalue weighted by atomic mass is 10.3. The SMILES string of the molecule is COc1cccc(-n2cc(CN(C)C(=O)c3nc4ccccn4c3F)cn2)c1. The second-order valence-corrected chi connectivity index (χ2v) is 6.34. The Morgan fingerprint density at radius 3 is 2.89 bits per heavy atom. The molecule has 0 N–H and O–H groups in total. The summed E-state index contributed by atoms with van der Waals surface area (Å²) in [7, 11) is 3.21. The third kappa shape index (κ3) is 3.20. The quantitative estimate of drug-likeness (QED) is 0.535. The summed E-state index contributed by atoms with van der Waals surface area (Å²) in [6.45, 7) is 0.274. The third-order valence-electron chi connectivity index (χ3n) is 4.39. The number of hydrogen-bond donors (Lipinski definition) is 0. The van der Waals surface area contributed by atoms with E-state index in [9.17, 15) is 9.18 Å². The number of nitrogens with zero attached hydrogens (tertiary/aromatic N) is 5. The van der Waals surface area contributed by atoms with Crippen molar-refractivity contribution in [2.24, 2.45) is 0 Å². The fourth-order valence-corrected chi connectivity index (χ4v) is 2.96. The van der Waals surface area contributed by atoms with Crippen LogP contribution in [0.4, 0.5) is 4.39 Å². The molecular weight excluding hydrogens is 361 g/mol. The highest BCUT2D eigenvalue weighted by Gasteiger charge is 2.22. The minimum Gasteiger partial charge on any atom is -0.497 e. The van der Waals surface area contributed by atoms with Gasteiger partial charge in [0.2, 0.25) is 5.95 Å². The predicted molar refractivity (Wildman–Crippen MR) is 101 cm³/mol. The van der Waals surface area contributed by atoms with Crippen LogP contribution in [0.1, 0.15) is 16.1 Å². The first-order valence-electron chi connectivity index (χ1n) is 8.63. The van der Waals surface area contributed by atoms with Crippen LogP contribution >= 0.6 is 0 Å². The highest BCUT2D eigenvalue weighted by Crippen LogP contribution is 2.17. The van der Waals surface area contributed by atoms with Gasteiger partial charge >= 0.3 is 0 Å². The summed E-state index contributed by atoms with van der Waals surface area (Å²) in [5, 5.41) is 4.33. The highest BCUT2D eigenvalue weighted by molar-refractivity contribution is 5.93. The van der Waals surface area contributed by atoms with Crippen molar-refractivity contribution in [1.82, 2.24) is 24.1 Å². The summed E-state index contributed by atoms with van der Waals surface area (Å²) in [5.41, 5.74) is 1.84. The molecule has 0 saturated carbocycles. The van der Waals surface area contributed by atoms with E-state index in [0.717, 1.165) is 17.0 Å². The first-order valence-corrected chi connectivity index (χ1v) is 8.63. The average Bonchev–Trinajstić information content (AvgIpc) is 3.32. The lowest BCUT2D eigenvalue weighted by molar-refractivity contribution is 0.0774. The third-order valence-corrected chi connectivity index (χ3v) is 4.39. The Morgan fingerprint density at radius 1 is 1.25 bits per heavy atom. The van der Waals surface area contributed by atoms with Gasteiger partial charge < -0.3 is 9.64 Å². The van der Waals surface area contributed by atoms with Crippen LogP contribution in [0.15, 0.2) is 61.1 Å². The molecule has 0 spiro atoms. The van der Waals surface area contributed by atoms with Crippen LogP contribution in [0, 0.1) is 5.95 Å². The molecule has 0 saturated heterocycles. The number of fused-ring (bicyclic) bond motifs is 1. The van der Waals surface area contributed by atoms with Crippen LogP contribution in [0.5, 0.6) is 5.75 Å². The number of amides is 1. The van der Waals surface area contributed by atoms with Crippen molar-refractivity contribution in [3.63, 3.8) is 0 Å².